The Kier molecular flexibility index (Phi) is 4.46. The van der Waals surface area contributed by atoms with Gasteiger partial charge in [-0.1, -0.05) is 18.0 Å². The fraction of sp³-hybridized carbons (Fsp3) is 0.857. The molecule has 0 aliphatic heterocycles. The Morgan fingerprint density at radius 2 is 2.07 bits per heavy atom. The largest absolute Gasteiger partial charge is 0.748 e. The van der Waals surface area contributed by atoms with Gasteiger partial charge in [0.15, 0.2) is 0 Å². The van der Waals surface area contributed by atoms with Crippen molar-refractivity contribution in [2.24, 2.45) is 0 Å². The van der Waals surface area contributed by atoms with E-state index in [1.165, 1.54) is 12.1 Å². The van der Waals surface area contributed by atoms with Crippen LogP contribution >= 0.6 is 0 Å². The fourth-order valence-electron chi connectivity index (χ4n) is 1.68. The second-order valence-electron chi connectivity index (χ2n) is 3.17. The van der Waals surface area contributed by atoms with E-state index >= 15 is 0 Å². The number of hydrogen-bond donors (Lipinski definition) is 0. The fourth-order valence-corrected chi connectivity index (χ4v) is 1.93. The van der Waals surface area contributed by atoms with Crippen molar-refractivity contribution in [3.63, 3.8) is 0 Å². The third-order valence-corrected chi connectivity index (χ3v) is 2.64. The molecule has 1 atom stereocenters. The van der Waals surface area contributed by atoms with Gasteiger partial charge in [0.05, 0.1) is 6.04 Å². The van der Waals surface area contributed by atoms with Gasteiger partial charge in [-0.3, -0.25) is 9.80 Å². The van der Waals surface area contributed by atoms with Crippen molar-refractivity contribution in [2.45, 2.75) is 31.7 Å². The van der Waals surface area contributed by atoms with E-state index in [0.717, 1.165) is 30.9 Å². The second-order valence-corrected chi connectivity index (χ2v) is 3.72. The van der Waals surface area contributed by atoms with E-state index in [2.05, 4.69) is 4.28 Å². The Morgan fingerprint density at radius 3 is 2.50 bits per heavy atom. The molecule has 1 aliphatic rings. The lowest BCUT2D eigenvalue weighted by Gasteiger charge is -2.31. The van der Waals surface area contributed by atoms with Gasteiger partial charge in [-0.15, -0.1) is 0 Å². The summed E-state index contributed by atoms with van der Waals surface area (Å²) in [4.78, 5) is 10.7. The molecule has 1 fully saturated rings. The van der Waals surface area contributed by atoms with Crippen LogP contribution in [0.25, 0.3) is 0 Å². The SMILES string of the molecule is CN(OS(=O)[O-])N(C=O)C1CCCC1. The highest BCUT2D eigenvalue weighted by Gasteiger charge is 2.25. The minimum atomic E-state index is -2.64. The topological polar surface area (TPSA) is 72.9 Å². The maximum absolute atomic E-state index is 10.7. The zero-order chi connectivity index (χ0) is 10.6. The van der Waals surface area contributed by atoms with Crippen LogP contribution in [0.3, 0.4) is 0 Å². The molecule has 0 heterocycles. The minimum absolute atomic E-state index is 0.0565. The number of carbonyl (C=O) groups is 1. The lowest BCUT2D eigenvalue weighted by atomic mass is 10.2. The summed E-state index contributed by atoms with van der Waals surface area (Å²) in [6, 6.07) is 0.0565. The minimum Gasteiger partial charge on any atom is -0.748 e. The van der Waals surface area contributed by atoms with Gasteiger partial charge in [-0.2, -0.15) is 4.28 Å². The molecule has 6 nitrogen and oxygen atoms in total. The number of hydrazine groups is 1. The Hall–Kier alpha value is -0.500. The van der Waals surface area contributed by atoms with Crippen molar-refractivity contribution in [1.29, 1.82) is 0 Å². The Bertz CT molecular complexity index is 220. The highest BCUT2D eigenvalue weighted by Crippen LogP contribution is 2.23. The van der Waals surface area contributed by atoms with Crippen LogP contribution in [-0.2, 0) is 20.4 Å². The van der Waals surface area contributed by atoms with Crippen LogP contribution in [0.5, 0.6) is 0 Å². The number of carbonyl (C=O) groups excluding carboxylic acids is 1. The number of nitrogens with zero attached hydrogens (tertiary/aromatic N) is 2. The molecule has 14 heavy (non-hydrogen) atoms. The highest BCUT2D eigenvalue weighted by molar-refractivity contribution is 7.74. The summed E-state index contributed by atoms with van der Waals surface area (Å²) in [6.45, 7) is 0. The molecule has 0 aromatic rings. The van der Waals surface area contributed by atoms with E-state index in [9.17, 15) is 13.6 Å². The van der Waals surface area contributed by atoms with Crippen LogP contribution in [0.1, 0.15) is 25.7 Å². The average molecular weight is 221 g/mol. The van der Waals surface area contributed by atoms with Gasteiger partial charge in [0, 0.05) is 7.05 Å². The number of amides is 1. The summed E-state index contributed by atoms with van der Waals surface area (Å²) in [7, 11) is 1.39. The molecule has 1 unspecified atom stereocenters. The van der Waals surface area contributed by atoms with Crippen molar-refractivity contribution in [3.8, 4) is 0 Å². The van der Waals surface area contributed by atoms with Crippen LogP contribution in [-0.4, -0.2) is 38.4 Å². The van der Waals surface area contributed by atoms with E-state index in [4.69, 9.17) is 0 Å². The standard InChI is InChI=1S/C7H14N2O4S/c1-8(13-14(11)12)9(6-10)7-4-2-3-5-7/h6-7H,2-5H2,1H3,(H,11,12)/p-1. The van der Waals surface area contributed by atoms with Crippen LogP contribution in [0, 0.1) is 0 Å². The number of rotatable bonds is 5. The molecule has 1 amide bonds. The predicted molar refractivity (Wildman–Crippen MR) is 47.9 cm³/mol. The maximum Gasteiger partial charge on any atom is 0.226 e. The molecule has 0 aromatic carbocycles. The monoisotopic (exact) mass is 221 g/mol. The number of hydrogen-bond acceptors (Lipinski definition) is 5. The molecule has 0 radical (unpaired) electrons. The Labute approximate surface area is 85.2 Å². The van der Waals surface area contributed by atoms with Crippen LogP contribution in [0.15, 0.2) is 0 Å². The molecule has 0 bridgehead atoms. The zero-order valence-electron chi connectivity index (χ0n) is 7.92. The van der Waals surface area contributed by atoms with Crippen molar-refractivity contribution < 1.29 is 17.8 Å². The summed E-state index contributed by atoms with van der Waals surface area (Å²) in [6.07, 6.45) is 4.48. The van der Waals surface area contributed by atoms with Gasteiger partial charge in [0.25, 0.3) is 0 Å². The zero-order valence-corrected chi connectivity index (χ0v) is 8.74. The smallest absolute Gasteiger partial charge is 0.226 e. The van der Waals surface area contributed by atoms with Gasteiger partial charge in [-0.05, 0) is 12.8 Å². The van der Waals surface area contributed by atoms with Gasteiger partial charge >= 0.3 is 0 Å². The van der Waals surface area contributed by atoms with Crippen LogP contribution in [0.2, 0.25) is 0 Å². The highest BCUT2D eigenvalue weighted by atomic mass is 32.2. The van der Waals surface area contributed by atoms with Gasteiger partial charge in [0.1, 0.15) is 11.4 Å². The van der Waals surface area contributed by atoms with E-state index in [1.807, 2.05) is 0 Å². The number of hydroxylamine groups is 1. The first-order chi connectivity index (χ1) is 6.65. The molecular weight excluding hydrogens is 208 g/mol. The predicted octanol–water partition coefficient (Wildman–Crippen LogP) is -0.0401. The average Bonchev–Trinajstić information content (AvgIpc) is 2.57. The van der Waals surface area contributed by atoms with Crippen molar-refractivity contribution in [1.82, 2.24) is 10.2 Å². The van der Waals surface area contributed by atoms with Crippen molar-refractivity contribution in [2.75, 3.05) is 7.05 Å². The molecule has 1 rings (SSSR count). The van der Waals surface area contributed by atoms with Crippen LogP contribution < -0.4 is 0 Å². The summed E-state index contributed by atoms with van der Waals surface area (Å²) < 4.78 is 24.8. The quantitative estimate of drug-likeness (QED) is 0.370. The molecular formula is C7H13N2O4S-. The van der Waals surface area contributed by atoms with Crippen molar-refractivity contribution in [3.05, 3.63) is 0 Å². The molecule has 0 spiro atoms. The molecule has 0 N–H and O–H groups in total. The third kappa shape index (κ3) is 3.02. The van der Waals surface area contributed by atoms with E-state index in [1.54, 1.807) is 0 Å². The second kappa shape index (κ2) is 5.40. The van der Waals surface area contributed by atoms with Gasteiger partial charge in [-0.25, -0.2) is 4.21 Å². The molecule has 1 saturated carbocycles. The lowest BCUT2D eigenvalue weighted by Crippen LogP contribution is -2.44. The van der Waals surface area contributed by atoms with Crippen LogP contribution in [0.4, 0.5) is 0 Å². The first-order valence-electron chi connectivity index (χ1n) is 4.40. The summed E-state index contributed by atoms with van der Waals surface area (Å²) in [5.74, 6) is 0. The van der Waals surface area contributed by atoms with Gasteiger partial charge < -0.3 is 4.55 Å². The molecule has 0 aromatic heterocycles. The molecule has 0 saturated heterocycles. The lowest BCUT2D eigenvalue weighted by molar-refractivity contribution is -0.206. The van der Waals surface area contributed by atoms with E-state index < -0.39 is 11.4 Å². The first kappa shape index (κ1) is 11.6. The summed E-state index contributed by atoms with van der Waals surface area (Å²) in [5, 5.41) is 2.22. The summed E-state index contributed by atoms with van der Waals surface area (Å²) >= 11 is -2.64. The maximum atomic E-state index is 10.7. The van der Waals surface area contributed by atoms with E-state index in [-0.39, 0.29) is 6.04 Å². The summed E-state index contributed by atoms with van der Waals surface area (Å²) in [5.41, 5.74) is 0. The first-order valence-corrected chi connectivity index (χ1v) is 5.40. The molecule has 7 heteroatoms. The Morgan fingerprint density at radius 1 is 1.50 bits per heavy atom. The van der Waals surface area contributed by atoms with E-state index in [0.29, 0.717) is 6.41 Å². The normalized spacial score (nSPS) is 19.9. The van der Waals surface area contributed by atoms with Crippen molar-refractivity contribution >= 4 is 17.8 Å². The van der Waals surface area contributed by atoms with Gasteiger partial charge in [0.2, 0.25) is 6.41 Å². The Balaban J connectivity index is 2.51. The third-order valence-electron chi connectivity index (χ3n) is 2.30. The molecule has 1 aliphatic carbocycles. The molecule has 82 valence electrons.